The number of carboxylic acids is 2. The van der Waals surface area contributed by atoms with Crippen LogP contribution in [0.3, 0.4) is 0 Å². The van der Waals surface area contributed by atoms with Crippen LogP contribution in [0.1, 0.15) is 25.3 Å². The van der Waals surface area contributed by atoms with Gasteiger partial charge >= 0.3 is 11.9 Å². The summed E-state index contributed by atoms with van der Waals surface area (Å²) in [6, 6.07) is 2.11. The smallest absolute Gasteiger partial charge is 0.326 e. The molecule has 1 heterocycles. The minimum absolute atomic E-state index is 0.117. The van der Waals surface area contributed by atoms with E-state index in [1.165, 1.54) is 17.9 Å². The number of rotatable bonds is 7. The first-order valence-electron chi connectivity index (χ1n) is 8.20. The summed E-state index contributed by atoms with van der Waals surface area (Å²) in [5.74, 6) is -2.45. The summed E-state index contributed by atoms with van der Waals surface area (Å²) in [4.78, 5) is 36.7. The molecule has 1 aliphatic heterocycles. The number of hydrogen-bond donors (Lipinski definition) is 4. The second-order valence-corrected chi connectivity index (χ2v) is 7.46. The van der Waals surface area contributed by atoms with E-state index in [0.29, 0.717) is 28.5 Å². The average Bonchev–Trinajstić information content (AvgIpc) is 3.06. The number of likely N-dealkylation sites (tertiary alicyclic amines) is 1. The van der Waals surface area contributed by atoms with Gasteiger partial charge < -0.3 is 20.2 Å². The van der Waals surface area contributed by atoms with E-state index in [9.17, 15) is 29.7 Å². The normalized spacial score (nSPS) is 19.2. The number of hydrogen-bond acceptors (Lipinski definition) is 5. The van der Waals surface area contributed by atoms with Gasteiger partial charge in [-0.3, -0.25) is 14.9 Å². The molecule has 9 heteroatoms. The van der Waals surface area contributed by atoms with Crippen LogP contribution in [-0.4, -0.2) is 62.7 Å². The summed E-state index contributed by atoms with van der Waals surface area (Å²) in [5, 5.41) is 31.0. The van der Waals surface area contributed by atoms with Crippen molar-refractivity contribution in [2.75, 3.05) is 6.54 Å². The van der Waals surface area contributed by atoms with E-state index < -0.39 is 36.0 Å². The quantitative estimate of drug-likeness (QED) is 0.434. The lowest BCUT2D eigenvalue weighted by Crippen LogP contribution is -2.53. The molecule has 3 atom stereocenters. The Hall–Kier alpha value is -1.88. The van der Waals surface area contributed by atoms with Crippen LogP contribution < -0.4 is 5.32 Å². The molecule has 1 fully saturated rings. The molecule has 26 heavy (non-hydrogen) atoms. The number of carbonyl (C=O) groups is 3. The zero-order chi connectivity index (χ0) is 19.4. The molecule has 0 aromatic heterocycles. The van der Waals surface area contributed by atoms with E-state index in [1.807, 2.05) is 22.6 Å². The van der Waals surface area contributed by atoms with E-state index in [2.05, 4.69) is 5.32 Å². The van der Waals surface area contributed by atoms with Gasteiger partial charge in [0.2, 0.25) is 5.91 Å². The van der Waals surface area contributed by atoms with Crippen LogP contribution in [0.5, 0.6) is 5.75 Å². The number of amides is 1. The van der Waals surface area contributed by atoms with Crippen molar-refractivity contribution in [3.05, 3.63) is 27.3 Å². The van der Waals surface area contributed by atoms with Gasteiger partial charge in [-0.05, 0) is 66.5 Å². The van der Waals surface area contributed by atoms with Crippen molar-refractivity contribution in [2.45, 2.75) is 44.3 Å². The maximum Gasteiger partial charge on any atom is 0.326 e. The predicted molar refractivity (Wildman–Crippen MR) is 101 cm³/mol. The third-order valence-corrected chi connectivity index (χ3v) is 5.26. The van der Waals surface area contributed by atoms with Crippen LogP contribution in [0.2, 0.25) is 0 Å². The topological polar surface area (TPSA) is 127 Å². The molecule has 2 rings (SSSR count). The van der Waals surface area contributed by atoms with Crippen LogP contribution in [0, 0.1) is 3.57 Å². The van der Waals surface area contributed by atoms with Crippen LogP contribution in [0.15, 0.2) is 18.2 Å². The minimum atomic E-state index is -1.11. The highest BCUT2D eigenvalue weighted by Crippen LogP contribution is 2.21. The van der Waals surface area contributed by atoms with E-state index >= 15 is 0 Å². The summed E-state index contributed by atoms with van der Waals surface area (Å²) < 4.78 is 0.606. The average molecular weight is 476 g/mol. The lowest BCUT2D eigenvalue weighted by molar-refractivity contribution is -0.149. The van der Waals surface area contributed by atoms with E-state index in [1.54, 1.807) is 12.1 Å². The number of aromatic hydroxyl groups is 1. The van der Waals surface area contributed by atoms with Crippen LogP contribution in [0.25, 0.3) is 0 Å². The largest absolute Gasteiger partial charge is 0.507 e. The molecule has 8 nitrogen and oxygen atoms in total. The first kappa shape index (κ1) is 20.4. The molecule has 142 valence electrons. The summed E-state index contributed by atoms with van der Waals surface area (Å²) >= 11 is 1.95. The SMILES string of the molecule is C[C@H](NC(Cc1ccc(O)c(I)c1)C(=O)O)C(=O)N1CCC[C@H]1C(=O)O. The second kappa shape index (κ2) is 8.67. The van der Waals surface area contributed by atoms with Crippen molar-refractivity contribution in [3.63, 3.8) is 0 Å². The fourth-order valence-electron chi connectivity index (χ4n) is 3.04. The molecule has 4 N–H and O–H groups in total. The number of nitrogens with zero attached hydrogens (tertiary/aromatic N) is 1. The third kappa shape index (κ3) is 4.85. The molecule has 1 saturated heterocycles. The molecule has 1 aliphatic rings. The Labute approximate surface area is 164 Å². The Morgan fingerprint density at radius 1 is 1.35 bits per heavy atom. The van der Waals surface area contributed by atoms with Crippen molar-refractivity contribution < 1.29 is 29.7 Å². The molecule has 0 aliphatic carbocycles. The molecule has 0 spiro atoms. The van der Waals surface area contributed by atoms with Crippen molar-refractivity contribution in [1.29, 1.82) is 0 Å². The number of halogens is 1. The van der Waals surface area contributed by atoms with Crippen molar-refractivity contribution in [3.8, 4) is 5.75 Å². The Morgan fingerprint density at radius 3 is 2.62 bits per heavy atom. The Kier molecular flexibility index (Phi) is 6.81. The molecule has 1 unspecified atom stereocenters. The number of aliphatic carboxylic acids is 2. The van der Waals surface area contributed by atoms with Crippen LogP contribution in [-0.2, 0) is 20.8 Å². The van der Waals surface area contributed by atoms with E-state index in [4.69, 9.17) is 0 Å². The molecule has 0 saturated carbocycles. The van der Waals surface area contributed by atoms with Gasteiger partial charge in [-0.2, -0.15) is 0 Å². The number of benzene rings is 1. The zero-order valence-electron chi connectivity index (χ0n) is 14.2. The van der Waals surface area contributed by atoms with Gasteiger partial charge in [0.25, 0.3) is 0 Å². The van der Waals surface area contributed by atoms with Gasteiger partial charge in [0.15, 0.2) is 0 Å². The van der Waals surface area contributed by atoms with Gasteiger partial charge in [-0.1, -0.05) is 6.07 Å². The van der Waals surface area contributed by atoms with Gasteiger partial charge in [0.1, 0.15) is 17.8 Å². The lowest BCUT2D eigenvalue weighted by atomic mass is 10.0. The molecule has 1 aromatic carbocycles. The van der Waals surface area contributed by atoms with Crippen LogP contribution in [0.4, 0.5) is 0 Å². The Balaban J connectivity index is 2.06. The maximum absolute atomic E-state index is 12.5. The van der Waals surface area contributed by atoms with Crippen molar-refractivity contribution in [2.24, 2.45) is 0 Å². The Morgan fingerprint density at radius 2 is 2.04 bits per heavy atom. The lowest BCUT2D eigenvalue weighted by Gasteiger charge is -2.27. The number of carboxylic acid groups (broad SMARTS) is 2. The summed E-state index contributed by atoms with van der Waals surface area (Å²) in [5.41, 5.74) is 0.705. The first-order chi connectivity index (χ1) is 12.2. The fraction of sp³-hybridized carbons (Fsp3) is 0.471. The van der Waals surface area contributed by atoms with E-state index in [0.717, 1.165) is 0 Å². The molecule has 1 amide bonds. The van der Waals surface area contributed by atoms with Gasteiger partial charge in [0.05, 0.1) is 9.61 Å². The van der Waals surface area contributed by atoms with Gasteiger partial charge in [-0.15, -0.1) is 0 Å². The summed E-state index contributed by atoms with van der Waals surface area (Å²) in [7, 11) is 0. The number of nitrogens with one attached hydrogen (secondary N) is 1. The van der Waals surface area contributed by atoms with Gasteiger partial charge in [-0.25, -0.2) is 4.79 Å². The highest BCUT2D eigenvalue weighted by atomic mass is 127. The van der Waals surface area contributed by atoms with Gasteiger partial charge in [0, 0.05) is 6.54 Å². The zero-order valence-corrected chi connectivity index (χ0v) is 16.3. The summed E-state index contributed by atoms with van der Waals surface area (Å²) in [6.45, 7) is 1.89. The fourth-order valence-corrected chi connectivity index (χ4v) is 3.62. The minimum Gasteiger partial charge on any atom is -0.507 e. The Bertz CT molecular complexity index is 710. The van der Waals surface area contributed by atoms with Crippen molar-refractivity contribution >= 4 is 40.4 Å². The molecular formula is C17H21IN2O6. The number of phenols is 1. The monoisotopic (exact) mass is 476 g/mol. The van der Waals surface area contributed by atoms with Crippen LogP contribution >= 0.6 is 22.6 Å². The molecule has 0 radical (unpaired) electrons. The molecule has 1 aromatic rings. The highest BCUT2D eigenvalue weighted by Gasteiger charge is 2.36. The standard InChI is InChI=1S/C17H21IN2O6/c1-9(15(22)20-6-2-3-13(20)17(25)26)19-12(16(23)24)8-10-4-5-14(21)11(18)7-10/h4-5,7,9,12-13,19,21H,2-3,6,8H2,1H3,(H,23,24)(H,25,26)/t9-,12?,13-/m0/s1. The molecular weight excluding hydrogens is 455 g/mol. The van der Waals surface area contributed by atoms with E-state index in [-0.39, 0.29) is 12.2 Å². The third-order valence-electron chi connectivity index (χ3n) is 4.39. The number of carbonyl (C=O) groups excluding carboxylic acids is 1. The number of phenolic OH excluding ortho intramolecular Hbond substituents is 1. The molecule has 0 bridgehead atoms. The second-order valence-electron chi connectivity index (χ2n) is 6.30. The highest BCUT2D eigenvalue weighted by molar-refractivity contribution is 14.1. The summed E-state index contributed by atoms with van der Waals surface area (Å²) in [6.07, 6.45) is 1.15. The maximum atomic E-state index is 12.5. The van der Waals surface area contributed by atoms with Crippen molar-refractivity contribution in [1.82, 2.24) is 10.2 Å². The first-order valence-corrected chi connectivity index (χ1v) is 9.28. The predicted octanol–water partition coefficient (Wildman–Crippen LogP) is 1.05.